The Morgan fingerprint density at radius 1 is 1.35 bits per heavy atom. The van der Waals surface area contributed by atoms with E-state index in [9.17, 15) is 18.4 Å². The molecule has 110 valence electrons. The maximum absolute atomic E-state index is 13.2. The molecular weight excluding hydrogens is 272 g/mol. The van der Waals surface area contributed by atoms with Gasteiger partial charge in [0.2, 0.25) is 0 Å². The molecular formula is C13H15F2NO4. The van der Waals surface area contributed by atoms with Gasteiger partial charge in [-0.15, -0.1) is 0 Å². The minimum Gasteiger partial charge on any atom is -0.481 e. The summed E-state index contributed by atoms with van der Waals surface area (Å²) in [6.07, 6.45) is -0.260. The molecule has 0 spiro atoms. The summed E-state index contributed by atoms with van der Waals surface area (Å²) in [5.41, 5.74) is -0.951. The molecule has 1 rings (SSSR count). The van der Waals surface area contributed by atoms with E-state index in [2.05, 4.69) is 5.32 Å². The fourth-order valence-corrected chi connectivity index (χ4v) is 1.57. The van der Waals surface area contributed by atoms with Crippen molar-refractivity contribution in [3.8, 4) is 5.75 Å². The number of nitrogens with one attached hydrogen (secondary N) is 1. The number of hydrogen-bond donors (Lipinski definition) is 2. The third kappa shape index (κ3) is 5.21. The second kappa shape index (κ2) is 6.31. The van der Waals surface area contributed by atoms with Crippen LogP contribution in [0.2, 0.25) is 0 Å². The number of benzene rings is 1. The van der Waals surface area contributed by atoms with Gasteiger partial charge in [0.1, 0.15) is 5.82 Å². The Morgan fingerprint density at radius 3 is 2.55 bits per heavy atom. The largest absolute Gasteiger partial charge is 0.481 e. The Hall–Kier alpha value is -2.18. The number of rotatable bonds is 6. The van der Waals surface area contributed by atoms with Gasteiger partial charge in [0.05, 0.1) is 6.42 Å². The Balaban J connectivity index is 2.53. The Bertz CT molecular complexity index is 517. The topological polar surface area (TPSA) is 75.6 Å². The van der Waals surface area contributed by atoms with Crippen molar-refractivity contribution >= 4 is 11.9 Å². The van der Waals surface area contributed by atoms with Crippen molar-refractivity contribution in [3.63, 3.8) is 0 Å². The minimum absolute atomic E-state index is 0.252. The maximum atomic E-state index is 13.2. The number of hydrogen-bond acceptors (Lipinski definition) is 3. The number of halogens is 2. The normalized spacial score (nSPS) is 11.0. The number of aliphatic carboxylic acids is 1. The molecule has 1 amide bonds. The van der Waals surface area contributed by atoms with Gasteiger partial charge in [-0.25, -0.2) is 8.78 Å². The van der Waals surface area contributed by atoms with Crippen molar-refractivity contribution in [1.82, 2.24) is 5.32 Å². The summed E-state index contributed by atoms with van der Waals surface area (Å²) in [7, 11) is 0. The van der Waals surface area contributed by atoms with E-state index < -0.39 is 35.7 Å². The van der Waals surface area contributed by atoms with Crippen LogP contribution in [-0.4, -0.2) is 29.1 Å². The number of carbonyl (C=O) groups excluding carboxylic acids is 1. The van der Waals surface area contributed by atoms with Crippen molar-refractivity contribution in [3.05, 3.63) is 29.8 Å². The van der Waals surface area contributed by atoms with Crippen LogP contribution in [0, 0.1) is 11.6 Å². The van der Waals surface area contributed by atoms with Crippen LogP contribution in [0.3, 0.4) is 0 Å². The highest BCUT2D eigenvalue weighted by Crippen LogP contribution is 2.17. The lowest BCUT2D eigenvalue weighted by Crippen LogP contribution is -2.46. The molecule has 5 nitrogen and oxygen atoms in total. The van der Waals surface area contributed by atoms with Crippen LogP contribution in [0.15, 0.2) is 18.2 Å². The Labute approximate surface area is 114 Å². The predicted octanol–water partition coefficient (Wildman–Crippen LogP) is 1.71. The van der Waals surface area contributed by atoms with Crippen LogP contribution in [0.25, 0.3) is 0 Å². The van der Waals surface area contributed by atoms with Crippen molar-refractivity contribution in [2.75, 3.05) is 6.61 Å². The minimum atomic E-state index is -1.05. The van der Waals surface area contributed by atoms with E-state index >= 15 is 0 Å². The third-order valence-electron chi connectivity index (χ3n) is 2.32. The highest BCUT2D eigenvalue weighted by atomic mass is 19.1. The molecule has 0 saturated carbocycles. The standard InChI is InChI=1S/C13H15F2NO4/c1-13(2,6-12(18)19)16-11(17)7-20-10-4-3-8(14)5-9(10)15/h3-5H,6-7H2,1-2H3,(H,16,17)(H,18,19). The molecule has 0 aromatic heterocycles. The van der Waals surface area contributed by atoms with Gasteiger partial charge >= 0.3 is 5.97 Å². The van der Waals surface area contributed by atoms with Gasteiger partial charge in [0, 0.05) is 11.6 Å². The molecule has 7 heteroatoms. The predicted molar refractivity (Wildman–Crippen MR) is 66.3 cm³/mol. The molecule has 0 aliphatic rings. The van der Waals surface area contributed by atoms with E-state index in [-0.39, 0.29) is 12.2 Å². The van der Waals surface area contributed by atoms with Gasteiger partial charge in [-0.3, -0.25) is 9.59 Å². The Morgan fingerprint density at radius 2 is 2.00 bits per heavy atom. The van der Waals surface area contributed by atoms with Gasteiger partial charge in [-0.1, -0.05) is 0 Å². The first-order valence-electron chi connectivity index (χ1n) is 5.80. The summed E-state index contributed by atoms with van der Waals surface area (Å²) in [6, 6.07) is 2.71. The molecule has 0 saturated heterocycles. The number of carboxylic acid groups (broad SMARTS) is 1. The zero-order valence-electron chi connectivity index (χ0n) is 11.1. The van der Waals surface area contributed by atoms with Gasteiger partial charge in [-0.05, 0) is 26.0 Å². The lowest BCUT2D eigenvalue weighted by atomic mass is 10.0. The molecule has 2 N–H and O–H groups in total. The maximum Gasteiger partial charge on any atom is 0.305 e. The highest BCUT2D eigenvalue weighted by molar-refractivity contribution is 5.79. The fraction of sp³-hybridized carbons (Fsp3) is 0.385. The van der Waals surface area contributed by atoms with Crippen molar-refractivity contribution in [2.24, 2.45) is 0 Å². The van der Waals surface area contributed by atoms with E-state index in [1.165, 1.54) is 13.8 Å². The van der Waals surface area contributed by atoms with E-state index in [1.54, 1.807) is 0 Å². The molecule has 0 fully saturated rings. The average Bonchev–Trinajstić information content (AvgIpc) is 2.24. The third-order valence-corrected chi connectivity index (χ3v) is 2.32. The summed E-state index contributed by atoms with van der Waals surface area (Å²) in [5.74, 6) is -3.57. The molecule has 0 aliphatic carbocycles. The van der Waals surface area contributed by atoms with Crippen LogP contribution in [0.4, 0.5) is 8.78 Å². The molecule has 0 atom stereocenters. The monoisotopic (exact) mass is 287 g/mol. The van der Waals surface area contributed by atoms with E-state index in [1.807, 2.05) is 0 Å². The zero-order valence-corrected chi connectivity index (χ0v) is 11.1. The molecule has 0 unspecified atom stereocenters. The first kappa shape index (κ1) is 15.9. The number of ether oxygens (including phenoxy) is 1. The Kier molecular flexibility index (Phi) is 5.01. The van der Waals surface area contributed by atoms with Crippen molar-refractivity contribution in [2.45, 2.75) is 25.8 Å². The van der Waals surface area contributed by atoms with Crippen LogP contribution < -0.4 is 10.1 Å². The smallest absolute Gasteiger partial charge is 0.305 e. The second-order valence-electron chi connectivity index (χ2n) is 4.87. The number of carbonyl (C=O) groups is 2. The fourth-order valence-electron chi connectivity index (χ4n) is 1.57. The van der Waals surface area contributed by atoms with Gasteiger partial charge in [0.25, 0.3) is 5.91 Å². The summed E-state index contributed by atoms with van der Waals surface area (Å²) < 4.78 is 30.8. The van der Waals surface area contributed by atoms with Gasteiger partial charge in [-0.2, -0.15) is 0 Å². The number of carboxylic acids is 1. The second-order valence-corrected chi connectivity index (χ2v) is 4.87. The quantitative estimate of drug-likeness (QED) is 0.835. The number of amides is 1. The summed E-state index contributed by atoms with van der Waals surface area (Å²) >= 11 is 0. The van der Waals surface area contributed by atoms with E-state index in [0.717, 1.165) is 12.1 Å². The first-order chi connectivity index (χ1) is 9.19. The van der Waals surface area contributed by atoms with E-state index in [4.69, 9.17) is 9.84 Å². The van der Waals surface area contributed by atoms with E-state index in [0.29, 0.717) is 6.07 Å². The molecule has 0 radical (unpaired) electrons. The van der Waals surface area contributed by atoms with Crippen LogP contribution in [-0.2, 0) is 9.59 Å². The summed E-state index contributed by atoms with van der Waals surface area (Å²) in [6.45, 7) is 2.58. The summed E-state index contributed by atoms with van der Waals surface area (Å²) in [4.78, 5) is 22.2. The molecule has 0 heterocycles. The van der Waals surface area contributed by atoms with Gasteiger partial charge in [0.15, 0.2) is 18.2 Å². The highest BCUT2D eigenvalue weighted by Gasteiger charge is 2.24. The van der Waals surface area contributed by atoms with Crippen LogP contribution in [0.5, 0.6) is 5.75 Å². The van der Waals surface area contributed by atoms with Gasteiger partial charge < -0.3 is 15.2 Å². The SMILES string of the molecule is CC(C)(CC(=O)O)NC(=O)COc1ccc(F)cc1F. The lowest BCUT2D eigenvalue weighted by molar-refractivity contribution is -0.138. The molecule has 20 heavy (non-hydrogen) atoms. The van der Waals surface area contributed by atoms with Crippen LogP contribution in [0.1, 0.15) is 20.3 Å². The molecule has 1 aromatic rings. The van der Waals surface area contributed by atoms with Crippen LogP contribution >= 0.6 is 0 Å². The van der Waals surface area contributed by atoms with Crippen molar-refractivity contribution < 1.29 is 28.2 Å². The molecule has 1 aromatic carbocycles. The first-order valence-corrected chi connectivity index (χ1v) is 5.80. The molecule has 0 aliphatic heterocycles. The zero-order chi connectivity index (χ0) is 15.3. The average molecular weight is 287 g/mol. The van der Waals surface area contributed by atoms with Crippen molar-refractivity contribution in [1.29, 1.82) is 0 Å². The lowest BCUT2D eigenvalue weighted by Gasteiger charge is -2.24. The molecule has 0 bridgehead atoms. The summed E-state index contributed by atoms with van der Waals surface area (Å²) in [5, 5.41) is 11.1.